The molecule has 0 radical (unpaired) electrons. The Balaban J connectivity index is 1.63. The summed E-state index contributed by atoms with van der Waals surface area (Å²) in [6.07, 6.45) is 3.03. The number of aromatic nitrogens is 4. The van der Waals surface area contributed by atoms with Gasteiger partial charge in [0.2, 0.25) is 0 Å². The van der Waals surface area contributed by atoms with E-state index in [9.17, 15) is 23.8 Å². The number of aromatic amines is 1. The third kappa shape index (κ3) is 3.81. The number of hydrogen-bond donors (Lipinski definition) is 5. The number of hydrogen-bond acceptors (Lipinski definition) is 7. The summed E-state index contributed by atoms with van der Waals surface area (Å²) < 4.78 is 27.6. The minimum atomic E-state index is -1.18. The number of amides is 1. The van der Waals surface area contributed by atoms with E-state index in [1.54, 1.807) is 0 Å². The van der Waals surface area contributed by atoms with Gasteiger partial charge in [0.15, 0.2) is 5.65 Å². The fraction of sp³-hybridized carbons (Fsp3) is 0.368. The van der Waals surface area contributed by atoms with Gasteiger partial charge in [-0.2, -0.15) is 5.10 Å². The van der Waals surface area contributed by atoms with Crippen molar-refractivity contribution >= 4 is 22.8 Å². The number of fused-ring (bicyclic) bond motifs is 1. The Hall–Kier alpha value is -3.18. The van der Waals surface area contributed by atoms with Crippen LogP contribution in [0.2, 0.25) is 0 Å². The van der Waals surface area contributed by atoms with Crippen LogP contribution in [0.4, 0.5) is 14.6 Å². The number of anilines is 1. The van der Waals surface area contributed by atoms with Crippen LogP contribution in [0.1, 0.15) is 41.4 Å². The van der Waals surface area contributed by atoms with Crippen LogP contribution in [0, 0.1) is 11.6 Å². The van der Waals surface area contributed by atoms with Crippen LogP contribution in [0.25, 0.3) is 11.0 Å². The predicted molar refractivity (Wildman–Crippen MR) is 103 cm³/mol. The molecule has 4 rings (SSSR count). The van der Waals surface area contributed by atoms with Gasteiger partial charge >= 0.3 is 0 Å². The second-order valence-electron chi connectivity index (χ2n) is 7.14. The molecule has 0 unspecified atom stereocenters. The van der Waals surface area contributed by atoms with Crippen LogP contribution in [-0.4, -0.2) is 55.0 Å². The van der Waals surface area contributed by atoms with E-state index in [1.165, 1.54) is 6.33 Å². The maximum Gasteiger partial charge on any atom is 0.270 e. The van der Waals surface area contributed by atoms with Crippen molar-refractivity contribution in [3.05, 3.63) is 47.4 Å². The van der Waals surface area contributed by atoms with Gasteiger partial charge in [-0.15, -0.1) is 0 Å². The topological polar surface area (TPSA) is 136 Å². The lowest BCUT2D eigenvalue weighted by molar-refractivity contribution is 0.0911. The highest BCUT2D eigenvalue weighted by atomic mass is 19.1. The van der Waals surface area contributed by atoms with Crippen LogP contribution in [-0.2, 0) is 0 Å². The molecule has 0 saturated heterocycles. The maximum atomic E-state index is 14.1. The first-order chi connectivity index (χ1) is 14.5. The minimum absolute atomic E-state index is 0.00384. The van der Waals surface area contributed by atoms with E-state index in [1.807, 2.05) is 0 Å². The van der Waals surface area contributed by atoms with Crippen molar-refractivity contribution in [2.24, 2.45) is 0 Å². The molecular formula is C19H20F2N6O3. The van der Waals surface area contributed by atoms with Gasteiger partial charge in [-0.05, 0) is 37.5 Å². The summed E-state index contributed by atoms with van der Waals surface area (Å²) in [5, 5.41) is 32.2. The zero-order chi connectivity index (χ0) is 21.3. The average Bonchev–Trinajstić information content (AvgIpc) is 3.35. The summed E-state index contributed by atoms with van der Waals surface area (Å²) >= 11 is 0. The number of H-pyrrole nitrogens is 1. The van der Waals surface area contributed by atoms with Crippen LogP contribution >= 0.6 is 0 Å². The molecule has 1 aromatic carbocycles. The molecule has 11 heteroatoms. The second kappa shape index (κ2) is 8.28. The Kier molecular flexibility index (Phi) is 5.55. The maximum absolute atomic E-state index is 14.1. The molecule has 5 N–H and O–H groups in total. The molecule has 2 aromatic heterocycles. The van der Waals surface area contributed by atoms with Crippen LogP contribution in [0.3, 0.4) is 0 Å². The van der Waals surface area contributed by atoms with Gasteiger partial charge in [0.05, 0.1) is 30.2 Å². The number of aliphatic hydroxyl groups excluding tert-OH is 2. The van der Waals surface area contributed by atoms with Gasteiger partial charge in [0, 0.05) is 5.56 Å². The molecule has 1 aliphatic carbocycles. The standard InChI is InChI=1S/C19H20F2N6O3/c20-9-4-5-11(21)10(6-9)13(7-28)25-19(30)16-15-17(22-8-23-18(15)27-26-16)24-12-2-1-3-14(12)29/h4-6,8,12-14,28-29H,1-3,7H2,(H,25,30)(H2,22,23,24,26,27)/t12-,13-,14-/m1/s1. The zero-order valence-corrected chi connectivity index (χ0v) is 15.8. The molecule has 30 heavy (non-hydrogen) atoms. The van der Waals surface area contributed by atoms with E-state index in [4.69, 9.17) is 0 Å². The molecule has 9 nitrogen and oxygen atoms in total. The lowest BCUT2D eigenvalue weighted by Crippen LogP contribution is -2.32. The number of carbonyl (C=O) groups excluding carboxylic acids is 1. The Labute approximate surface area is 169 Å². The smallest absolute Gasteiger partial charge is 0.270 e. The van der Waals surface area contributed by atoms with Crippen molar-refractivity contribution in [2.75, 3.05) is 11.9 Å². The number of rotatable bonds is 6. The fourth-order valence-electron chi connectivity index (χ4n) is 3.65. The van der Waals surface area contributed by atoms with E-state index < -0.39 is 36.3 Å². The SMILES string of the molecule is O=C(N[C@H](CO)c1cc(F)ccc1F)c1[nH]nc2ncnc(N[C@@H]3CCC[C@H]3O)c12. The fourth-order valence-corrected chi connectivity index (χ4v) is 3.65. The molecular weight excluding hydrogens is 398 g/mol. The van der Waals surface area contributed by atoms with E-state index >= 15 is 0 Å². The summed E-state index contributed by atoms with van der Waals surface area (Å²) in [4.78, 5) is 21.1. The Morgan fingerprint density at radius 2 is 2.13 bits per heavy atom. The van der Waals surface area contributed by atoms with Crippen molar-refractivity contribution in [3.63, 3.8) is 0 Å². The molecule has 1 fully saturated rings. The first kappa shape index (κ1) is 20.1. The normalized spacial score (nSPS) is 19.7. The lowest BCUT2D eigenvalue weighted by Gasteiger charge is -2.19. The van der Waals surface area contributed by atoms with Gasteiger partial charge < -0.3 is 20.8 Å². The largest absolute Gasteiger partial charge is 0.394 e. The quantitative estimate of drug-likeness (QED) is 0.408. The summed E-state index contributed by atoms with van der Waals surface area (Å²) in [5.41, 5.74) is 0.0387. The van der Waals surface area contributed by atoms with Crippen LogP contribution < -0.4 is 10.6 Å². The summed E-state index contributed by atoms with van der Waals surface area (Å²) in [6, 6.07) is 1.39. The van der Waals surface area contributed by atoms with Crippen molar-refractivity contribution < 1.29 is 23.8 Å². The van der Waals surface area contributed by atoms with E-state index in [2.05, 4.69) is 30.8 Å². The van der Waals surface area contributed by atoms with Crippen molar-refractivity contribution in [2.45, 2.75) is 37.5 Å². The van der Waals surface area contributed by atoms with Gasteiger partial charge in [-0.1, -0.05) is 0 Å². The summed E-state index contributed by atoms with van der Waals surface area (Å²) in [6.45, 7) is -0.645. The van der Waals surface area contributed by atoms with Crippen molar-refractivity contribution in [1.29, 1.82) is 0 Å². The number of nitrogens with zero attached hydrogens (tertiary/aromatic N) is 3. The summed E-state index contributed by atoms with van der Waals surface area (Å²) in [7, 11) is 0. The number of nitrogens with one attached hydrogen (secondary N) is 3. The van der Waals surface area contributed by atoms with E-state index in [0.717, 1.165) is 31.0 Å². The first-order valence-electron chi connectivity index (χ1n) is 9.48. The molecule has 3 atom stereocenters. The molecule has 1 amide bonds. The minimum Gasteiger partial charge on any atom is -0.394 e. The molecule has 0 aliphatic heterocycles. The Morgan fingerprint density at radius 3 is 2.87 bits per heavy atom. The Morgan fingerprint density at radius 1 is 1.30 bits per heavy atom. The zero-order valence-electron chi connectivity index (χ0n) is 15.8. The molecule has 0 bridgehead atoms. The highest BCUT2D eigenvalue weighted by molar-refractivity contribution is 6.07. The highest BCUT2D eigenvalue weighted by Crippen LogP contribution is 2.27. The van der Waals surface area contributed by atoms with Crippen molar-refractivity contribution in [3.8, 4) is 0 Å². The number of halogens is 2. The molecule has 2 heterocycles. The van der Waals surface area contributed by atoms with Gasteiger partial charge in [0.1, 0.15) is 29.5 Å². The first-order valence-corrected chi connectivity index (χ1v) is 9.48. The lowest BCUT2D eigenvalue weighted by atomic mass is 10.1. The monoisotopic (exact) mass is 418 g/mol. The second-order valence-corrected chi connectivity index (χ2v) is 7.14. The molecule has 1 saturated carbocycles. The van der Waals surface area contributed by atoms with Gasteiger partial charge in [-0.25, -0.2) is 18.7 Å². The number of aliphatic hydroxyl groups is 2. The van der Waals surface area contributed by atoms with E-state index in [0.29, 0.717) is 17.6 Å². The van der Waals surface area contributed by atoms with Gasteiger partial charge in [0.25, 0.3) is 5.91 Å². The Bertz CT molecular complexity index is 1080. The predicted octanol–water partition coefficient (Wildman–Crippen LogP) is 1.42. The average molecular weight is 418 g/mol. The van der Waals surface area contributed by atoms with Crippen molar-refractivity contribution in [1.82, 2.24) is 25.5 Å². The summed E-state index contributed by atoms with van der Waals surface area (Å²) in [5.74, 6) is -1.83. The molecule has 1 aliphatic rings. The van der Waals surface area contributed by atoms with E-state index in [-0.39, 0.29) is 22.9 Å². The molecule has 158 valence electrons. The third-order valence-electron chi connectivity index (χ3n) is 5.20. The van der Waals surface area contributed by atoms with Crippen LogP contribution in [0.5, 0.6) is 0 Å². The number of benzene rings is 1. The molecule has 0 spiro atoms. The number of carbonyl (C=O) groups is 1. The van der Waals surface area contributed by atoms with Gasteiger partial charge in [-0.3, -0.25) is 9.89 Å². The molecule has 3 aromatic rings. The van der Waals surface area contributed by atoms with Crippen LogP contribution in [0.15, 0.2) is 24.5 Å². The third-order valence-corrected chi connectivity index (χ3v) is 5.20. The highest BCUT2D eigenvalue weighted by Gasteiger charge is 2.28.